The molecule has 2 heterocycles. The van der Waals surface area contributed by atoms with Crippen molar-refractivity contribution in [2.75, 3.05) is 39.8 Å². The van der Waals surface area contributed by atoms with Gasteiger partial charge in [-0.15, -0.1) is 0 Å². The molecule has 2 atom stereocenters. The number of phenolic OH excluding ortho intramolecular Hbond substituents is 1. The van der Waals surface area contributed by atoms with E-state index in [1.54, 1.807) is 0 Å². The van der Waals surface area contributed by atoms with Crippen molar-refractivity contribution in [2.24, 2.45) is 4.99 Å². The molecule has 194 valence electrons. The number of benzene rings is 3. The van der Waals surface area contributed by atoms with Gasteiger partial charge < -0.3 is 24.8 Å². The summed E-state index contributed by atoms with van der Waals surface area (Å²) in [6.45, 7) is 4.45. The molecule has 6 rings (SSSR count). The van der Waals surface area contributed by atoms with E-state index >= 15 is 0 Å². The second kappa shape index (κ2) is 12.2. The molecule has 2 aliphatic heterocycles. The Kier molecular flexibility index (Phi) is 8.26. The number of hydrogen-bond acceptors (Lipinski definition) is 6. The number of aryl methyl sites for hydroxylation is 1. The number of rotatable bonds is 6. The van der Waals surface area contributed by atoms with Crippen LogP contribution in [-0.4, -0.2) is 61.8 Å². The van der Waals surface area contributed by atoms with Crippen molar-refractivity contribution in [1.29, 1.82) is 0 Å². The zero-order valence-electron chi connectivity index (χ0n) is 21.6. The molecule has 0 radical (unpaired) electrons. The molecule has 2 N–H and O–H groups in total. The Bertz CT molecular complexity index is 1200. The van der Waals surface area contributed by atoms with Gasteiger partial charge in [0.2, 0.25) is 0 Å². The Morgan fingerprint density at radius 3 is 2.65 bits per heavy atom. The molecule has 6 heteroatoms. The largest absolute Gasteiger partial charge is 0.508 e. The minimum atomic E-state index is -0.0811. The van der Waals surface area contributed by atoms with Crippen LogP contribution >= 0.6 is 0 Å². The third kappa shape index (κ3) is 6.63. The van der Waals surface area contributed by atoms with Gasteiger partial charge in [0.25, 0.3) is 0 Å². The second-order valence-corrected chi connectivity index (χ2v) is 10.0. The second-order valence-electron chi connectivity index (χ2n) is 10.0. The van der Waals surface area contributed by atoms with Crippen LogP contribution in [-0.2, 0) is 12.8 Å². The number of aromatic hydroxyl groups is 1. The first-order valence-corrected chi connectivity index (χ1v) is 13.4. The molecule has 0 spiro atoms. The van der Waals surface area contributed by atoms with Crippen LogP contribution in [0.5, 0.6) is 17.2 Å². The van der Waals surface area contributed by atoms with Crippen molar-refractivity contribution in [1.82, 2.24) is 10.2 Å². The van der Waals surface area contributed by atoms with Crippen molar-refractivity contribution in [2.45, 2.75) is 37.7 Å². The van der Waals surface area contributed by atoms with Gasteiger partial charge in [-0.25, -0.2) is 0 Å². The van der Waals surface area contributed by atoms with Crippen LogP contribution < -0.4 is 14.8 Å². The van der Waals surface area contributed by atoms with Crippen molar-refractivity contribution in [3.63, 3.8) is 0 Å². The van der Waals surface area contributed by atoms with Crippen molar-refractivity contribution in [3.05, 3.63) is 89.5 Å². The van der Waals surface area contributed by atoms with E-state index in [-0.39, 0.29) is 6.10 Å². The number of ether oxygens (including phenoxy) is 2. The van der Waals surface area contributed by atoms with Gasteiger partial charge in [-0.3, -0.25) is 4.99 Å². The number of aliphatic imine (C=N–C) groups is 1. The summed E-state index contributed by atoms with van der Waals surface area (Å²) in [6.07, 6.45) is 4.61. The fourth-order valence-electron chi connectivity index (χ4n) is 5.31. The van der Waals surface area contributed by atoms with E-state index in [0.29, 0.717) is 18.3 Å². The lowest BCUT2D eigenvalue weighted by molar-refractivity contribution is 0.133. The Morgan fingerprint density at radius 1 is 1.03 bits per heavy atom. The first-order valence-electron chi connectivity index (χ1n) is 13.4. The van der Waals surface area contributed by atoms with Gasteiger partial charge in [-0.1, -0.05) is 48.5 Å². The van der Waals surface area contributed by atoms with Gasteiger partial charge in [0.05, 0.1) is 6.54 Å². The van der Waals surface area contributed by atoms with Crippen LogP contribution in [0.15, 0.2) is 77.8 Å². The van der Waals surface area contributed by atoms with E-state index in [1.807, 2.05) is 36.4 Å². The van der Waals surface area contributed by atoms with Crippen LogP contribution in [0.2, 0.25) is 0 Å². The van der Waals surface area contributed by atoms with Crippen molar-refractivity contribution in [3.8, 4) is 17.2 Å². The molecule has 1 aliphatic carbocycles. The highest BCUT2D eigenvalue weighted by molar-refractivity contribution is 5.88. The van der Waals surface area contributed by atoms with Crippen LogP contribution in [0.3, 0.4) is 0 Å². The summed E-state index contributed by atoms with van der Waals surface area (Å²) in [7, 11) is 2.22. The maximum Gasteiger partial charge on any atom is 0.189 e. The SMILES string of the molecule is CN(CCc1ccccc1)CC1CCCc2cc(O)ccc21.c1ccc2c(c1)OCC(C1=NCCN1)O2. The molecule has 0 saturated heterocycles. The Hall–Kier alpha value is -3.51. The van der Waals surface area contributed by atoms with E-state index in [0.717, 1.165) is 56.4 Å². The molecule has 0 bridgehead atoms. The minimum absolute atomic E-state index is 0.0811. The van der Waals surface area contributed by atoms with Gasteiger partial charge in [-0.2, -0.15) is 0 Å². The molecule has 0 amide bonds. The van der Waals surface area contributed by atoms with E-state index in [1.165, 1.54) is 29.5 Å². The third-order valence-corrected chi connectivity index (χ3v) is 7.24. The normalized spacial score (nSPS) is 19.8. The smallest absolute Gasteiger partial charge is 0.189 e. The number of nitrogens with one attached hydrogen (secondary N) is 1. The van der Waals surface area contributed by atoms with E-state index in [9.17, 15) is 5.11 Å². The fourth-order valence-corrected chi connectivity index (χ4v) is 5.31. The molecule has 3 aromatic carbocycles. The topological polar surface area (TPSA) is 66.3 Å². The third-order valence-electron chi connectivity index (χ3n) is 7.24. The Labute approximate surface area is 220 Å². The molecule has 6 nitrogen and oxygen atoms in total. The average Bonchev–Trinajstić information content (AvgIpc) is 3.48. The molecule has 0 aromatic heterocycles. The summed E-state index contributed by atoms with van der Waals surface area (Å²) >= 11 is 0. The van der Waals surface area contributed by atoms with Crippen LogP contribution in [0, 0.1) is 0 Å². The first kappa shape index (κ1) is 25.2. The zero-order valence-corrected chi connectivity index (χ0v) is 21.6. The lowest BCUT2D eigenvalue weighted by atomic mass is 9.82. The summed E-state index contributed by atoms with van der Waals surface area (Å²) in [4.78, 5) is 6.78. The monoisotopic (exact) mass is 499 g/mol. The predicted molar refractivity (Wildman–Crippen MR) is 148 cm³/mol. The zero-order chi connectivity index (χ0) is 25.5. The predicted octanol–water partition coefficient (Wildman–Crippen LogP) is 4.81. The van der Waals surface area contributed by atoms with Gasteiger partial charge in [-0.05, 0) is 79.6 Å². The highest BCUT2D eigenvalue weighted by Crippen LogP contribution is 2.34. The van der Waals surface area contributed by atoms with E-state index in [2.05, 4.69) is 58.7 Å². The van der Waals surface area contributed by atoms with Crippen LogP contribution in [0.25, 0.3) is 0 Å². The summed E-state index contributed by atoms with van der Waals surface area (Å²) in [5, 5.41) is 12.9. The molecule has 0 fully saturated rings. The number of nitrogens with zero attached hydrogens (tertiary/aromatic N) is 2. The summed E-state index contributed by atoms with van der Waals surface area (Å²) in [5.41, 5.74) is 4.19. The highest BCUT2D eigenvalue weighted by Gasteiger charge is 2.26. The van der Waals surface area contributed by atoms with E-state index in [4.69, 9.17) is 9.47 Å². The summed E-state index contributed by atoms with van der Waals surface area (Å²) < 4.78 is 11.4. The number of fused-ring (bicyclic) bond motifs is 2. The molecule has 37 heavy (non-hydrogen) atoms. The Morgan fingerprint density at radius 2 is 1.84 bits per heavy atom. The number of phenols is 1. The maximum atomic E-state index is 9.66. The van der Waals surface area contributed by atoms with Crippen LogP contribution in [0.1, 0.15) is 35.4 Å². The number of amidine groups is 1. The molecule has 0 saturated carbocycles. The highest BCUT2D eigenvalue weighted by atomic mass is 16.6. The number of likely N-dealkylation sites (N-methyl/N-ethyl adjacent to an activating group) is 1. The number of hydrogen-bond donors (Lipinski definition) is 2. The number of para-hydroxylation sites is 2. The van der Waals surface area contributed by atoms with Gasteiger partial charge >= 0.3 is 0 Å². The quantitative estimate of drug-likeness (QED) is 0.509. The minimum Gasteiger partial charge on any atom is -0.508 e. The van der Waals surface area contributed by atoms with E-state index < -0.39 is 0 Å². The van der Waals surface area contributed by atoms with Crippen LogP contribution in [0.4, 0.5) is 0 Å². The lowest BCUT2D eigenvalue weighted by Gasteiger charge is -2.29. The standard InChI is InChI=1S/C20H25NO.C11H12N2O2/c1-21(13-12-16-6-3-2-4-7-16)15-18-9-5-8-17-14-19(22)10-11-20(17)18;1-2-4-9-8(3-1)14-7-10(15-9)11-12-5-6-13-11/h2-4,6-7,10-11,14,18,22H,5,8-9,12-13,15H2,1H3;1-4,10H,5-7H2,(H,12,13). The lowest BCUT2D eigenvalue weighted by Crippen LogP contribution is -2.42. The van der Waals surface area contributed by atoms with Crippen molar-refractivity contribution < 1.29 is 14.6 Å². The summed E-state index contributed by atoms with van der Waals surface area (Å²) in [5.74, 6) is 3.52. The average molecular weight is 500 g/mol. The van der Waals surface area contributed by atoms with Gasteiger partial charge in [0, 0.05) is 19.6 Å². The molecule has 3 aromatic rings. The molecular weight excluding hydrogens is 462 g/mol. The van der Waals surface area contributed by atoms with Crippen molar-refractivity contribution >= 4 is 5.84 Å². The van der Waals surface area contributed by atoms with Gasteiger partial charge in [0.15, 0.2) is 17.6 Å². The summed E-state index contributed by atoms with van der Waals surface area (Å²) in [6, 6.07) is 24.3. The molecular formula is C31H37N3O3. The Balaban J connectivity index is 0.000000162. The first-order chi connectivity index (χ1) is 18.2. The fraction of sp³-hybridized carbons (Fsp3) is 0.387. The molecule has 2 unspecified atom stereocenters. The molecule has 3 aliphatic rings. The van der Waals surface area contributed by atoms with Gasteiger partial charge in [0.1, 0.15) is 18.2 Å². The maximum absolute atomic E-state index is 9.66.